The number of nitrogens with one attached hydrogen (secondary N) is 1. The molecule has 1 aliphatic carbocycles. The minimum atomic E-state index is -0.571. The van der Waals surface area contributed by atoms with Gasteiger partial charge in [-0.05, 0) is 55.0 Å². The highest BCUT2D eigenvalue weighted by molar-refractivity contribution is 6.04. The van der Waals surface area contributed by atoms with Crippen LogP contribution in [0.4, 0.5) is 10.5 Å². The Labute approximate surface area is 141 Å². The summed E-state index contributed by atoms with van der Waals surface area (Å²) in [5.41, 5.74) is 3.82. The molecule has 0 atom stereocenters. The molecule has 122 valence electrons. The van der Waals surface area contributed by atoms with Gasteiger partial charge in [0.05, 0.1) is 5.71 Å². The molecule has 1 fully saturated rings. The van der Waals surface area contributed by atoms with Crippen molar-refractivity contribution in [3.8, 4) is 0 Å². The van der Waals surface area contributed by atoms with Crippen molar-refractivity contribution in [2.45, 2.75) is 25.7 Å². The molecule has 1 N–H and O–H groups in total. The van der Waals surface area contributed by atoms with Crippen LogP contribution < -0.4 is 5.32 Å². The Kier molecular flexibility index (Phi) is 5.40. The Bertz CT molecular complexity index is 737. The second kappa shape index (κ2) is 8.11. The van der Waals surface area contributed by atoms with E-state index in [-0.39, 0.29) is 0 Å². The molecule has 24 heavy (non-hydrogen) atoms. The second-order valence-electron chi connectivity index (χ2n) is 5.70. The van der Waals surface area contributed by atoms with Gasteiger partial charge >= 0.3 is 6.09 Å². The fourth-order valence-electron chi connectivity index (χ4n) is 2.68. The van der Waals surface area contributed by atoms with Crippen molar-refractivity contribution in [1.82, 2.24) is 0 Å². The zero-order valence-corrected chi connectivity index (χ0v) is 13.4. The van der Waals surface area contributed by atoms with Gasteiger partial charge in [0.15, 0.2) is 0 Å². The number of hydrogen-bond acceptors (Lipinski definition) is 3. The topological polar surface area (TPSA) is 50.7 Å². The molecule has 0 unspecified atom stereocenters. The average molecular weight is 320 g/mol. The highest BCUT2D eigenvalue weighted by atomic mass is 16.7. The molecule has 0 bridgehead atoms. The van der Waals surface area contributed by atoms with Crippen LogP contribution in [0.1, 0.15) is 31.2 Å². The van der Waals surface area contributed by atoms with Gasteiger partial charge in [-0.2, -0.15) is 0 Å². The Morgan fingerprint density at radius 1 is 0.958 bits per heavy atom. The summed E-state index contributed by atoms with van der Waals surface area (Å²) in [4.78, 5) is 16.9. The molecule has 2 aromatic rings. The van der Waals surface area contributed by atoms with E-state index in [2.05, 4.69) is 28.7 Å². The van der Waals surface area contributed by atoms with Gasteiger partial charge in [-0.3, -0.25) is 10.2 Å². The van der Waals surface area contributed by atoms with Gasteiger partial charge in [-0.1, -0.05) is 53.7 Å². The first-order valence-electron chi connectivity index (χ1n) is 8.17. The van der Waals surface area contributed by atoms with Crippen molar-refractivity contribution in [2.75, 3.05) is 5.32 Å². The van der Waals surface area contributed by atoms with Gasteiger partial charge < -0.3 is 0 Å². The molecule has 0 aromatic heterocycles. The third kappa shape index (κ3) is 4.56. The van der Waals surface area contributed by atoms with E-state index in [1.54, 1.807) is 12.1 Å². The van der Waals surface area contributed by atoms with Crippen LogP contribution in [0.25, 0.3) is 6.08 Å². The van der Waals surface area contributed by atoms with Crippen molar-refractivity contribution in [3.05, 3.63) is 71.8 Å². The minimum Gasteiger partial charge on any atom is -0.298 e. The highest BCUT2D eigenvalue weighted by Gasteiger charge is 2.15. The Morgan fingerprint density at radius 3 is 2.38 bits per heavy atom. The fraction of sp³-hybridized carbons (Fsp3) is 0.200. The predicted molar refractivity (Wildman–Crippen MR) is 96.9 cm³/mol. The van der Waals surface area contributed by atoms with Gasteiger partial charge in [0, 0.05) is 5.69 Å². The molecule has 0 heterocycles. The number of anilines is 1. The van der Waals surface area contributed by atoms with Crippen LogP contribution in [0.2, 0.25) is 0 Å². The van der Waals surface area contributed by atoms with Gasteiger partial charge in [0.2, 0.25) is 0 Å². The largest absolute Gasteiger partial charge is 0.437 e. The monoisotopic (exact) mass is 320 g/mol. The first kappa shape index (κ1) is 16.0. The molecule has 0 saturated heterocycles. The first-order valence-corrected chi connectivity index (χ1v) is 8.17. The van der Waals surface area contributed by atoms with E-state index in [4.69, 9.17) is 4.84 Å². The lowest BCUT2D eigenvalue weighted by atomic mass is 9.91. The van der Waals surface area contributed by atoms with Gasteiger partial charge in [-0.15, -0.1) is 0 Å². The fourth-order valence-corrected chi connectivity index (χ4v) is 2.68. The summed E-state index contributed by atoms with van der Waals surface area (Å²) in [5.74, 6) is 0. The van der Waals surface area contributed by atoms with Crippen molar-refractivity contribution >= 4 is 23.6 Å². The number of amides is 1. The maximum Gasteiger partial charge on any atom is 0.437 e. The van der Waals surface area contributed by atoms with Gasteiger partial charge in [0.25, 0.3) is 0 Å². The molecule has 1 aliphatic rings. The van der Waals surface area contributed by atoms with Crippen molar-refractivity contribution in [2.24, 2.45) is 5.16 Å². The lowest BCUT2D eigenvalue weighted by Crippen LogP contribution is -2.14. The Balaban J connectivity index is 1.67. The minimum absolute atomic E-state index is 0.571. The molecule has 4 nitrogen and oxygen atoms in total. The number of hydrogen-bond donors (Lipinski definition) is 1. The van der Waals surface area contributed by atoms with E-state index in [0.29, 0.717) is 5.69 Å². The van der Waals surface area contributed by atoms with E-state index >= 15 is 0 Å². The molecular formula is C20H20N2O2. The standard InChI is InChI=1S/C20H20N2O2/c23-20(21-18-12-5-2-6-13-18)24-22-19-14-8-7-11-17(19)15-16-9-3-1-4-10-16/h1-6,9-10,12-13,15H,7-8,11,14H2,(H,21,23)/b17-15-,22-19+. The van der Waals surface area contributed by atoms with Crippen molar-refractivity contribution < 1.29 is 9.63 Å². The molecule has 4 heteroatoms. The number of carbonyl (C=O) groups excluding carboxylic acids is 1. The molecule has 0 spiro atoms. The summed E-state index contributed by atoms with van der Waals surface area (Å²) in [5, 5.41) is 6.75. The third-order valence-corrected chi connectivity index (χ3v) is 3.88. The van der Waals surface area contributed by atoms with Crippen LogP contribution in [0.3, 0.4) is 0 Å². The SMILES string of the molecule is O=C(Nc1ccccc1)O/N=C1\CCCC\C1=C\c1ccccc1. The van der Waals surface area contributed by atoms with Crippen molar-refractivity contribution in [1.29, 1.82) is 0 Å². The van der Waals surface area contributed by atoms with Crippen LogP contribution >= 0.6 is 0 Å². The number of nitrogens with zero attached hydrogens (tertiary/aromatic N) is 1. The molecule has 0 aliphatic heterocycles. The van der Waals surface area contributed by atoms with Crippen LogP contribution in [0.15, 0.2) is 71.4 Å². The van der Waals surface area contributed by atoms with E-state index in [1.807, 2.05) is 36.4 Å². The number of rotatable bonds is 3. The summed E-state index contributed by atoms with van der Waals surface area (Å²) in [6.07, 6.45) is 5.53. The summed E-state index contributed by atoms with van der Waals surface area (Å²) in [7, 11) is 0. The normalized spacial score (nSPS) is 17.7. The molecule has 2 aromatic carbocycles. The van der Waals surface area contributed by atoms with Gasteiger partial charge in [0.1, 0.15) is 0 Å². The maximum atomic E-state index is 11.9. The third-order valence-electron chi connectivity index (χ3n) is 3.88. The quantitative estimate of drug-likeness (QED) is 0.620. The first-order chi connectivity index (χ1) is 11.8. The molecule has 0 radical (unpaired) electrons. The lowest BCUT2D eigenvalue weighted by Gasteiger charge is -2.16. The van der Waals surface area contributed by atoms with Crippen LogP contribution in [-0.2, 0) is 4.84 Å². The number of para-hydroxylation sites is 1. The summed E-state index contributed by atoms with van der Waals surface area (Å²) >= 11 is 0. The zero-order valence-electron chi connectivity index (χ0n) is 13.4. The Morgan fingerprint density at radius 2 is 1.62 bits per heavy atom. The second-order valence-corrected chi connectivity index (χ2v) is 5.70. The zero-order chi connectivity index (χ0) is 16.6. The summed E-state index contributed by atoms with van der Waals surface area (Å²) in [6.45, 7) is 0. The average Bonchev–Trinajstić information content (AvgIpc) is 2.63. The van der Waals surface area contributed by atoms with Gasteiger partial charge in [-0.25, -0.2) is 4.79 Å². The van der Waals surface area contributed by atoms with Crippen LogP contribution in [-0.4, -0.2) is 11.8 Å². The van der Waals surface area contributed by atoms with E-state index < -0.39 is 6.09 Å². The smallest absolute Gasteiger partial charge is 0.298 e. The van der Waals surface area contributed by atoms with E-state index in [1.165, 1.54) is 0 Å². The summed E-state index contributed by atoms with van der Waals surface area (Å²) in [6, 6.07) is 19.3. The maximum absolute atomic E-state index is 11.9. The molecular weight excluding hydrogens is 300 g/mol. The number of oxime groups is 1. The molecule has 1 amide bonds. The lowest BCUT2D eigenvalue weighted by molar-refractivity contribution is 0.166. The van der Waals surface area contributed by atoms with Crippen molar-refractivity contribution in [3.63, 3.8) is 0 Å². The predicted octanol–water partition coefficient (Wildman–Crippen LogP) is 5.25. The highest BCUT2D eigenvalue weighted by Crippen LogP contribution is 2.23. The molecule has 1 saturated carbocycles. The summed E-state index contributed by atoms with van der Waals surface area (Å²) < 4.78 is 0. The van der Waals surface area contributed by atoms with E-state index in [9.17, 15) is 4.79 Å². The van der Waals surface area contributed by atoms with Crippen LogP contribution in [0.5, 0.6) is 0 Å². The van der Waals surface area contributed by atoms with E-state index in [0.717, 1.165) is 42.5 Å². The molecule has 3 rings (SSSR count). The number of allylic oxidation sites excluding steroid dienone is 1. The Hall–Kier alpha value is -2.88. The number of carbonyl (C=O) groups is 1. The number of benzene rings is 2. The van der Waals surface area contributed by atoms with Crippen LogP contribution in [0, 0.1) is 0 Å².